The molecule has 0 saturated heterocycles. The lowest BCUT2D eigenvalue weighted by Crippen LogP contribution is -2.21. The number of halogens is 3. The van der Waals surface area contributed by atoms with Gasteiger partial charge in [0.1, 0.15) is 23.3 Å². The Balaban J connectivity index is 1.82. The molecule has 178 valence electrons. The smallest absolute Gasteiger partial charge is 0.387 e. The van der Waals surface area contributed by atoms with Crippen molar-refractivity contribution in [3.05, 3.63) is 54.4 Å². The highest BCUT2D eigenvalue weighted by atomic mass is 19.3. The molecule has 2 aromatic heterocycles. The monoisotopic (exact) mass is 470 g/mol. The fourth-order valence-corrected chi connectivity index (χ4v) is 3.95. The first kappa shape index (κ1) is 23.5. The van der Waals surface area contributed by atoms with Crippen LogP contribution in [-0.2, 0) is 5.41 Å². The van der Waals surface area contributed by atoms with Crippen molar-refractivity contribution in [2.24, 2.45) is 0 Å². The van der Waals surface area contributed by atoms with E-state index in [-0.39, 0.29) is 23.1 Å². The van der Waals surface area contributed by atoms with Crippen molar-refractivity contribution in [1.82, 2.24) is 14.3 Å². The Morgan fingerprint density at radius 2 is 2.00 bits per heavy atom. The number of aromatic nitrogens is 2. The maximum atomic E-state index is 13.6. The number of benzene rings is 1. The van der Waals surface area contributed by atoms with Crippen LogP contribution in [0.2, 0.25) is 0 Å². The van der Waals surface area contributed by atoms with Gasteiger partial charge in [-0.15, -0.1) is 0 Å². The molecule has 3 aromatic rings. The van der Waals surface area contributed by atoms with Gasteiger partial charge in [-0.2, -0.15) is 14.0 Å². The van der Waals surface area contributed by atoms with Crippen molar-refractivity contribution in [1.29, 1.82) is 5.26 Å². The third kappa shape index (κ3) is 4.16. The molecule has 0 amide bonds. The quantitative estimate of drug-likeness (QED) is 0.440. The number of rotatable bonds is 8. The molecule has 0 N–H and O–H groups in total. The Morgan fingerprint density at radius 3 is 2.59 bits per heavy atom. The molecule has 1 aliphatic carbocycles. The van der Waals surface area contributed by atoms with Gasteiger partial charge in [0, 0.05) is 30.9 Å². The number of nitriles is 1. The minimum Gasteiger partial charge on any atom is -0.496 e. The van der Waals surface area contributed by atoms with Crippen LogP contribution in [0.25, 0.3) is 22.6 Å². The van der Waals surface area contributed by atoms with Gasteiger partial charge in [-0.1, -0.05) is 6.58 Å². The molecule has 4 rings (SSSR count). The van der Waals surface area contributed by atoms with E-state index in [2.05, 4.69) is 17.6 Å². The lowest BCUT2D eigenvalue weighted by atomic mass is 9.87. The van der Waals surface area contributed by atoms with Gasteiger partial charge in [-0.3, -0.25) is 4.40 Å². The second-order valence-electron chi connectivity index (χ2n) is 8.83. The van der Waals surface area contributed by atoms with E-state index in [9.17, 15) is 18.4 Å². The van der Waals surface area contributed by atoms with E-state index >= 15 is 0 Å². The fourth-order valence-electron chi connectivity index (χ4n) is 3.95. The number of hydrogen-bond acceptors (Lipinski definition) is 5. The Hall–Kier alpha value is -3.67. The number of nitrogens with zero attached hydrogens (tertiary/aromatic N) is 4. The summed E-state index contributed by atoms with van der Waals surface area (Å²) in [5.74, 6) is 0.132. The largest absolute Gasteiger partial charge is 0.496 e. The van der Waals surface area contributed by atoms with Crippen LogP contribution in [0.5, 0.6) is 11.5 Å². The number of alkyl halides is 3. The van der Waals surface area contributed by atoms with Crippen LogP contribution < -0.4 is 9.47 Å². The lowest BCUT2D eigenvalue weighted by molar-refractivity contribution is -0.0501. The Labute approximate surface area is 195 Å². The normalized spacial score (nSPS) is 17.5. The van der Waals surface area contributed by atoms with Gasteiger partial charge in [0.25, 0.3) is 0 Å². The minimum atomic E-state index is -3.08. The lowest BCUT2D eigenvalue weighted by Gasteiger charge is -2.25. The van der Waals surface area contributed by atoms with Crippen molar-refractivity contribution in [2.45, 2.75) is 44.5 Å². The predicted molar refractivity (Wildman–Crippen MR) is 123 cm³/mol. The van der Waals surface area contributed by atoms with Gasteiger partial charge in [0.15, 0.2) is 0 Å². The van der Waals surface area contributed by atoms with E-state index in [4.69, 9.17) is 9.47 Å². The van der Waals surface area contributed by atoms with Gasteiger partial charge in [0.2, 0.25) is 0 Å². The number of methoxy groups -OCH3 is 1. The summed E-state index contributed by atoms with van der Waals surface area (Å²) in [6, 6.07) is 8.70. The molecule has 0 radical (unpaired) electrons. The standard InChI is InChI=1S/C25H25F3N4O2/c1-14(31(4)18-11-17(18)26)23-20(33-5)8-15(9-21(23)34-24(27)28)19-12-30-22-10-16(6-7-32(19)22)25(2,3)13-29/h6-10,12,17-18,24H,1,11H2,2-5H3. The summed E-state index contributed by atoms with van der Waals surface area (Å²) >= 11 is 0. The van der Waals surface area contributed by atoms with Gasteiger partial charge in [-0.25, -0.2) is 9.37 Å². The molecule has 1 fully saturated rings. The highest BCUT2D eigenvalue weighted by molar-refractivity contribution is 5.79. The summed E-state index contributed by atoms with van der Waals surface area (Å²) in [6.45, 7) is 4.54. The average Bonchev–Trinajstić information content (AvgIpc) is 3.38. The predicted octanol–water partition coefficient (Wildman–Crippen LogP) is 5.43. The van der Waals surface area contributed by atoms with E-state index in [0.29, 0.717) is 29.0 Å². The number of imidazole rings is 1. The first-order valence-corrected chi connectivity index (χ1v) is 10.7. The van der Waals surface area contributed by atoms with Crippen LogP contribution in [0.3, 0.4) is 0 Å². The average molecular weight is 470 g/mol. The third-order valence-electron chi connectivity index (χ3n) is 6.20. The molecule has 0 bridgehead atoms. The van der Waals surface area contributed by atoms with Gasteiger partial charge in [0.05, 0.1) is 42.1 Å². The number of fused-ring (bicyclic) bond motifs is 1. The first-order chi connectivity index (χ1) is 16.1. The summed E-state index contributed by atoms with van der Waals surface area (Å²) in [5, 5.41) is 9.43. The van der Waals surface area contributed by atoms with Gasteiger partial charge >= 0.3 is 6.61 Å². The van der Waals surface area contributed by atoms with Crippen LogP contribution in [0.4, 0.5) is 13.2 Å². The SMILES string of the molecule is C=C(c1c(OC)cc(-c2cnc3cc(C(C)(C)C#N)ccn23)cc1OC(F)F)N(C)C1CC1F. The highest BCUT2D eigenvalue weighted by Gasteiger charge is 2.42. The zero-order chi connectivity index (χ0) is 24.8. The van der Waals surface area contributed by atoms with Crippen LogP contribution in [-0.4, -0.2) is 47.3 Å². The first-order valence-electron chi connectivity index (χ1n) is 10.7. The molecule has 34 heavy (non-hydrogen) atoms. The van der Waals surface area contributed by atoms with Crippen LogP contribution in [0.1, 0.15) is 31.4 Å². The van der Waals surface area contributed by atoms with E-state index in [0.717, 1.165) is 5.56 Å². The molecule has 9 heteroatoms. The Bertz CT molecular complexity index is 1300. The van der Waals surface area contributed by atoms with Crippen molar-refractivity contribution < 1.29 is 22.6 Å². The summed E-state index contributed by atoms with van der Waals surface area (Å²) < 4.78 is 52.5. The van der Waals surface area contributed by atoms with Crippen LogP contribution in [0, 0.1) is 11.3 Å². The maximum absolute atomic E-state index is 13.6. The molecule has 1 aliphatic rings. The second kappa shape index (κ2) is 8.60. The minimum absolute atomic E-state index is 0.130. The summed E-state index contributed by atoms with van der Waals surface area (Å²) in [7, 11) is 3.08. The van der Waals surface area contributed by atoms with Gasteiger partial charge < -0.3 is 14.4 Å². The Morgan fingerprint density at radius 1 is 1.32 bits per heavy atom. The molecule has 1 saturated carbocycles. The summed E-state index contributed by atoms with van der Waals surface area (Å²) in [4.78, 5) is 6.05. The van der Waals surface area contributed by atoms with Crippen molar-refractivity contribution in [2.75, 3.05) is 14.2 Å². The summed E-state index contributed by atoms with van der Waals surface area (Å²) in [6.07, 6.45) is 2.76. The number of pyridine rings is 1. The van der Waals surface area contributed by atoms with Crippen molar-refractivity contribution in [3.63, 3.8) is 0 Å². The zero-order valence-corrected chi connectivity index (χ0v) is 19.3. The Kier molecular flexibility index (Phi) is 5.94. The van der Waals surface area contributed by atoms with Gasteiger partial charge in [-0.05, 0) is 43.7 Å². The molecule has 0 aliphatic heterocycles. The van der Waals surface area contributed by atoms with E-state index in [1.165, 1.54) is 13.2 Å². The molecule has 2 atom stereocenters. The topological polar surface area (TPSA) is 62.8 Å². The van der Waals surface area contributed by atoms with E-state index in [1.54, 1.807) is 34.8 Å². The van der Waals surface area contributed by atoms with Crippen molar-refractivity contribution in [3.8, 4) is 28.8 Å². The molecule has 0 spiro atoms. The zero-order valence-electron chi connectivity index (χ0n) is 19.3. The number of ether oxygens (including phenoxy) is 2. The van der Waals surface area contributed by atoms with Crippen molar-refractivity contribution >= 4 is 11.3 Å². The fraction of sp³-hybridized carbons (Fsp3) is 0.360. The highest BCUT2D eigenvalue weighted by Crippen LogP contribution is 2.43. The van der Waals surface area contributed by atoms with Crippen LogP contribution >= 0.6 is 0 Å². The molecule has 2 heterocycles. The summed E-state index contributed by atoms with van der Waals surface area (Å²) in [5.41, 5.74) is 2.42. The molecular formula is C25H25F3N4O2. The maximum Gasteiger partial charge on any atom is 0.387 e. The second-order valence-corrected chi connectivity index (χ2v) is 8.83. The van der Waals surface area contributed by atoms with E-state index < -0.39 is 18.2 Å². The van der Waals surface area contributed by atoms with Crippen LogP contribution in [0.15, 0.2) is 43.2 Å². The molecule has 2 unspecified atom stereocenters. The third-order valence-corrected chi connectivity index (χ3v) is 6.20. The molecular weight excluding hydrogens is 445 g/mol. The van der Waals surface area contributed by atoms with E-state index in [1.807, 2.05) is 26.0 Å². The molecule has 1 aromatic carbocycles. The molecule has 6 nitrogen and oxygen atoms in total. The number of hydrogen-bond donors (Lipinski definition) is 0.